The van der Waals surface area contributed by atoms with Gasteiger partial charge in [-0.15, -0.1) is 0 Å². The van der Waals surface area contributed by atoms with Crippen LogP contribution in [0.5, 0.6) is 5.88 Å². The van der Waals surface area contributed by atoms with E-state index in [1.165, 1.54) is 32.4 Å². The van der Waals surface area contributed by atoms with E-state index in [1.54, 1.807) is 19.4 Å². The van der Waals surface area contributed by atoms with Crippen molar-refractivity contribution in [1.82, 2.24) is 14.9 Å². The van der Waals surface area contributed by atoms with Crippen LogP contribution in [0.4, 0.5) is 5.95 Å². The highest BCUT2D eigenvalue weighted by Gasteiger charge is 2.42. The maximum absolute atomic E-state index is 5.16. The van der Waals surface area contributed by atoms with Crippen LogP contribution >= 0.6 is 0 Å². The lowest BCUT2D eigenvalue weighted by Gasteiger charge is -2.44. The van der Waals surface area contributed by atoms with Crippen molar-refractivity contribution >= 4 is 5.95 Å². The third kappa shape index (κ3) is 2.04. The van der Waals surface area contributed by atoms with Gasteiger partial charge in [-0.1, -0.05) is 6.42 Å². The summed E-state index contributed by atoms with van der Waals surface area (Å²) >= 11 is 0. The summed E-state index contributed by atoms with van der Waals surface area (Å²) in [5.74, 6) is 3.42. The number of fused-ring (bicyclic) bond motifs is 1. The molecule has 2 aliphatic heterocycles. The molecular formula is C15H22N4O. The zero-order valence-corrected chi connectivity index (χ0v) is 12.0. The summed E-state index contributed by atoms with van der Waals surface area (Å²) in [6.45, 7) is 4.77. The topological polar surface area (TPSA) is 41.5 Å². The summed E-state index contributed by atoms with van der Waals surface area (Å²) in [7, 11) is 1.65. The van der Waals surface area contributed by atoms with E-state index >= 15 is 0 Å². The molecule has 108 valence electrons. The number of anilines is 1. The Kier molecular flexibility index (Phi) is 3.02. The Morgan fingerprint density at radius 3 is 2.60 bits per heavy atom. The Balaban J connectivity index is 1.35. The van der Waals surface area contributed by atoms with E-state index in [0.29, 0.717) is 11.9 Å². The molecule has 5 nitrogen and oxygen atoms in total. The first-order valence-corrected chi connectivity index (χ1v) is 7.69. The molecule has 0 radical (unpaired) electrons. The summed E-state index contributed by atoms with van der Waals surface area (Å²) in [4.78, 5) is 13.7. The summed E-state index contributed by atoms with van der Waals surface area (Å²) in [6.07, 6.45) is 6.14. The highest BCUT2D eigenvalue weighted by atomic mass is 16.5. The number of rotatable bonds is 3. The quantitative estimate of drug-likeness (QED) is 0.833. The zero-order valence-electron chi connectivity index (χ0n) is 12.0. The van der Waals surface area contributed by atoms with Gasteiger partial charge in [-0.25, -0.2) is 4.98 Å². The molecule has 0 N–H and O–H groups in total. The molecule has 1 aromatic rings. The second-order valence-electron chi connectivity index (χ2n) is 6.36. The lowest BCUT2D eigenvalue weighted by Crippen LogP contribution is -2.59. The van der Waals surface area contributed by atoms with Crippen molar-refractivity contribution in [3.63, 3.8) is 0 Å². The average molecular weight is 274 g/mol. The van der Waals surface area contributed by atoms with Gasteiger partial charge in [0.2, 0.25) is 11.8 Å². The van der Waals surface area contributed by atoms with E-state index in [0.717, 1.165) is 30.9 Å². The van der Waals surface area contributed by atoms with Gasteiger partial charge in [0.1, 0.15) is 0 Å². The summed E-state index contributed by atoms with van der Waals surface area (Å²) in [5, 5.41) is 0. The molecule has 0 aromatic carbocycles. The number of ether oxygens (including phenoxy) is 1. The molecule has 3 heterocycles. The predicted octanol–water partition coefficient (Wildman–Crippen LogP) is 1.41. The highest BCUT2D eigenvalue weighted by molar-refractivity contribution is 5.37. The maximum Gasteiger partial charge on any atom is 0.228 e. The molecule has 0 spiro atoms. The Hall–Kier alpha value is -1.36. The van der Waals surface area contributed by atoms with Crippen LogP contribution in [0.25, 0.3) is 0 Å². The van der Waals surface area contributed by atoms with Crippen molar-refractivity contribution in [2.75, 3.05) is 38.2 Å². The van der Waals surface area contributed by atoms with Crippen molar-refractivity contribution in [3.05, 3.63) is 12.3 Å². The van der Waals surface area contributed by atoms with Gasteiger partial charge in [0.15, 0.2) is 0 Å². The van der Waals surface area contributed by atoms with Gasteiger partial charge < -0.3 is 9.64 Å². The third-order valence-corrected chi connectivity index (χ3v) is 5.24. The fourth-order valence-electron chi connectivity index (χ4n) is 4.02. The van der Waals surface area contributed by atoms with E-state index in [1.807, 2.05) is 0 Å². The predicted molar refractivity (Wildman–Crippen MR) is 77.0 cm³/mol. The normalized spacial score (nSPS) is 30.4. The molecule has 3 aliphatic rings. The van der Waals surface area contributed by atoms with E-state index in [9.17, 15) is 0 Å². The molecule has 1 saturated carbocycles. The number of hydrogen-bond donors (Lipinski definition) is 0. The minimum atomic E-state index is 0.647. The van der Waals surface area contributed by atoms with Crippen molar-refractivity contribution < 1.29 is 4.74 Å². The van der Waals surface area contributed by atoms with Crippen LogP contribution in [0.15, 0.2) is 12.3 Å². The average Bonchev–Trinajstić information content (AvgIpc) is 2.98. The SMILES string of the molecule is COc1ccnc(N2CC(N3CC4CCCC4C3)C2)n1. The number of nitrogens with zero attached hydrogens (tertiary/aromatic N) is 4. The summed E-state index contributed by atoms with van der Waals surface area (Å²) in [5.41, 5.74) is 0. The van der Waals surface area contributed by atoms with Gasteiger partial charge in [-0.2, -0.15) is 4.98 Å². The Morgan fingerprint density at radius 1 is 1.15 bits per heavy atom. The first-order chi connectivity index (χ1) is 9.83. The second kappa shape index (κ2) is 4.88. The minimum absolute atomic E-state index is 0.647. The summed E-state index contributed by atoms with van der Waals surface area (Å²) < 4.78 is 5.16. The lowest BCUT2D eigenvalue weighted by atomic mass is 10.0. The van der Waals surface area contributed by atoms with Gasteiger partial charge in [-0.3, -0.25) is 4.90 Å². The van der Waals surface area contributed by atoms with Crippen LogP contribution in [0.3, 0.4) is 0 Å². The zero-order chi connectivity index (χ0) is 13.5. The van der Waals surface area contributed by atoms with Crippen molar-refractivity contribution in [3.8, 4) is 5.88 Å². The highest BCUT2D eigenvalue weighted by Crippen LogP contribution is 2.39. The molecule has 3 fully saturated rings. The molecule has 2 unspecified atom stereocenters. The Labute approximate surface area is 120 Å². The van der Waals surface area contributed by atoms with Gasteiger partial charge >= 0.3 is 0 Å². The van der Waals surface area contributed by atoms with E-state index in [4.69, 9.17) is 4.74 Å². The Morgan fingerprint density at radius 2 is 1.90 bits per heavy atom. The third-order valence-electron chi connectivity index (χ3n) is 5.24. The molecule has 4 rings (SSSR count). The summed E-state index contributed by atoms with van der Waals surface area (Å²) in [6, 6.07) is 2.50. The number of likely N-dealkylation sites (tertiary alicyclic amines) is 1. The van der Waals surface area contributed by atoms with Gasteiger partial charge in [-0.05, 0) is 24.7 Å². The monoisotopic (exact) mass is 274 g/mol. The largest absolute Gasteiger partial charge is 0.481 e. The van der Waals surface area contributed by atoms with Crippen LogP contribution in [-0.4, -0.2) is 54.2 Å². The minimum Gasteiger partial charge on any atom is -0.481 e. The van der Waals surface area contributed by atoms with Crippen LogP contribution in [0.2, 0.25) is 0 Å². The first kappa shape index (κ1) is 12.4. The van der Waals surface area contributed by atoms with Crippen molar-refractivity contribution in [2.24, 2.45) is 11.8 Å². The molecule has 2 atom stereocenters. The fourth-order valence-corrected chi connectivity index (χ4v) is 4.02. The smallest absolute Gasteiger partial charge is 0.228 e. The van der Waals surface area contributed by atoms with E-state index in [2.05, 4.69) is 19.8 Å². The van der Waals surface area contributed by atoms with Crippen LogP contribution in [0, 0.1) is 11.8 Å². The van der Waals surface area contributed by atoms with Gasteiger partial charge in [0.05, 0.1) is 7.11 Å². The molecule has 2 saturated heterocycles. The van der Waals surface area contributed by atoms with Crippen molar-refractivity contribution in [1.29, 1.82) is 0 Å². The van der Waals surface area contributed by atoms with Crippen LogP contribution in [-0.2, 0) is 0 Å². The van der Waals surface area contributed by atoms with Gasteiger partial charge in [0.25, 0.3) is 0 Å². The van der Waals surface area contributed by atoms with E-state index in [-0.39, 0.29) is 0 Å². The maximum atomic E-state index is 5.16. The fraction of sp³-hybridized carbons (Fsp3) is 0.733. The van der Waals surface area contributed by atoms with Crippen molar-refractivity contribution in [2.45, 2.75) is 25.3 Å². The van der Waals surface area contributed by atoms with Crippen LogP contribution in [0.1, 0.15) is 19.3 Å². The molecule has 0 amide bonds. The number of hydrogen-bond acceptors (Lipinski definition) is 5. The molecular weight excluding hydrogens is 252 g/mol. The molecule has 0 bridgehead atoms. The standard InChI is InChI=1S/C15H22N4O/c1-20-14-5-6-16-15(17-14)19-9-13(10-19)18-7-11-3-2-4-12(11)8-18/h5-6,11-13H,2-4,7-10H2,1H3. The van der Waals surface area contributed by atoms with Crippen LogP contribution < -0.4 is 9.64 Å². The molecule has 1 aromatic heterocycles. The lowest BCUT2D eigenvalue weighted by molar-refractivity contribution is 0.189. The second-order valence-corrected chi connectivity index (χ2v) is 6.36. The molecule has 1 aliphatic carbocycles. The number of methoxy groups -OCH3 is 1. The molecule has 5 heteroatoms. The molecule has 20 heavy (non-hydrogen) atoms. The Bertz CT molecular complexity index is 477. The van der Waals surface area contributed by atoms with E-state index < -0.39 is 0 Å². The number of aromatic nitrogens is 2. The first-order valence-electron chi connectivity index (χ1n) is 7.69. The van der Waals surface area contributed by atoms with Gasteiger partial charge in [0, 0.05) is 44.5 Å².